The van der Waals surface area contributed by atoms with E-state index in [2.05, 4.69) is 0 Å². The number of nitrogens with zero attached hydrogens (tertiary/aromatic N) is 2. The molecule has 0 bridgehead atoms. The standard InChI is InChI=1S/C34H30N2O9S/c1-34(19-20-43-33(39)45-29-17-13-26(14-18-29)36(40)41)32(38)35(27-10-6-9-25(21-27)31(37)42-2)30(46-34)24-11-15-28(16-12-24)44-22-23-7-4-3-5-8-23/h3-18,21,30H,19-20,22H2,1-2H3/t30-,34+/m0/s1. The number of carbonyl (C=O) groups excluding carboxylic acids is 3. The summed E-state index contributed by atoms with van der Waals surface area (Å²) in [7, 11) is 1.29. The Kier molecular flexibility index (Phi) is 9.87. The number of ether oxygens (including phenoxy) is 4. The van der Waals surface area contributed by atoms with Crippen molar-refractivity contribution in [3.63, 3.8) is 0 Å². The molecule has 0 radical (unpaired) electrons. The van der Waals surface area contributed by atoms with E-state index in [1.165, 1.54) is 43.1 Å². The van der Waals surface area contributed by atoms with E-state index in [4.69, 9.17) is 18.9 Å². The number of anilines is 1. The number of rotatable bonds is 11. The van der Waals surface area contributed by atoms with Gasteiger partial charge in [0.2, 0.25) is 5.91 Å². The van der Waals surface area contributed by atoms with Gasteiger partial charge in [0.25, 0.3) is 5.69 Å². The molecule has 2 atom stereocenters. The number of amides is 1. The predicted molar refractivity (Wildman–Crippen MR) is 171 cm³/mol. The molecular weight excluding hydrogens is 612 g/mol. The SMILES string of the molecule is COC(=O)c1cccc(N2C(=O)[C@@](C)(CCOC(=O)Oc3ccc([N+](=O)[O-])cc3)S[C@H]2c2ccc(OCc3ccccc3)cc2)c1. The van der Waals surface area contributed by atoms with Crippen molar-refractivity contribution in [1.82, 2.24) is 0 Å². The summed E-state index contributed by atoms with van der Waals surface area (Å²) in [6.45, 7) is 2.06. The lowest BCUT2D eigenvalue weighted by Gasteiger charge is -2.25. The van der Waals surface area contributed by atoms with E-state index in [1.807, 2.05) is 54.6 Å². The van der Waals surface area contributed by atoms with Gasteiger partial charge in [0.05, 0.1) is 29.0 Å². The Morgan fingerprint density at radius 3 is 2.30 bits per heavy atom. The zero-order chi connectivity index (χ0) is 32.7. The minimum atomic E-state index is -1.01. The molecule has 5 rings (SSSR count). The first-order chi connectivity index (χ1) is 22.2. The van der Waals surface area contributed by atoms with Crippen LogP contribution in [0.5, 0.6) is 11.5 Å². The molecule has 1 aliphatic heterocycles. The van der Waals surface area contributed by atoms with Crippen LogP contribution in [0.25, 0.3) is 0 Å². The van der Waals surface area contributed by atoms with Crippen molar-refractivity contribution in [2.75, 3.05) is 18.6 Å². The zero-order valence-electron chi connectivity index (χ0n) is 25.0. The largest absolute Gasteiger partial charge is 0.513 e. The summed E-state index contributed by atoms with van der Waals surface area (Å²) in [5, 5.41) is 10.4. The molecule has 46 heavy (non-hydrogen) atoms. The second-order valence-electron chi connectivity index (χ2n) is 10.5. The van der Waals surface area contributed by atoms with Gasteiger partial charge in [-0.1, -0.05) is 48.5 Å². The molecule has 1 aliphatic rings. The van der Waals surface area contributed by atoms with E-state index >= 15 is 0 Å². The Morgan fingerprint density at radius 2 is 1.63 bits per heavy atom. The lowest BCUT2D eigenvalue weighted by Crippen LogP contribution is -2.38. The molecular formula is C34H30N2O9S. The van der Waals surface area contributed by atoms with Gasteiger partial charge in [0, 0.05) is 24.2 Å². The summed E-state index contributed by atoms with van der Waals surface area (Å²) in [4.78, 5) is 50.6. The van der Waals surface area contributed by atoms with Gasteiger partial charge in [-0.25, -0.2) is 9.59 Å². The maximum absolute atomic E-state index is 14.1. The van der Waals surface area contributed by atoms with E-state index in [-0.39, 0.29) is 30.4 Å². The number of nitro groups is 1. The average molecular weight is 643 g/mol. The highest BCUT2D eigenvalue weighted by Gasteiger charge is 2.50. The van der Waals surface area contributed by atoms with Crippen molar-refractivity contribution < 1.29 is 38.3 Å². The smallest absolute Gasteiger partial charge is 0.489 e. The number of non-ortho nitro benzene ring substituents is 1. The van der Waals surface area contributed by atoms with Crippen molar-refractivity contribution >= 4 is 41.2 Å². The van der Waals surface area contributed by atoms with Gasteiger partial charge in [0.1, 0.15) is 23.5 Å². The first-order valence-electron chi connectivity index (χ1n) is 14.2. The van der Waals surface area contributed by atoms with Crippen LogP contribution in [0.4, 0.5) is 16.2 Å². The molecule has 0 aromatic heterocycles. The van der Waals surface area contributed by atoms with Crippen LogP contribution in [0.15, 0.2) is 103 Å². The monoisotopic (exact) mass is 642 g/mol. The Bertz CT molecular complexity index is 1720. The van der Waals surface area contributed by atoms with Gasteiger partial charge in [0.15, 0.2) is 0 Å². The minimum absolute atomic E-state index is 0.0843. The van der Waals surface area contributed by atoms with E-state index in [9.17, 15) is 24.5 Å². The summed E-state index contributed by atoms with van der Waals surface area (Å²) in [5.41, 5.74) is 2.53. The highest BCUT2D eigenvalue weighted by Crippen LogP contribution is 2.53. The number of esters is 1. The molecule has 0 aliphatic carbocycles. The first kappa shape index (κ1) is 32.0. The van der Waals surface area contributed by atoms with Crippen molar-refractivity contribution in [3.8, 4) is 11.5 Å². The van der Waals surface area contributed by atoms with E-state index in [0.717, 1.165) is 11.1 Å². The molecule has 11 nitrogen and oxygen atoms in total. The van der Waals surface area contributed by atoms with Crippen LogP contribution in [0.2, 0.25) is 0 Å². The van der Waals surface area contributed by atoms with Crippen LogP contribution in [0.1, 0.15) is 40.2 Å². The average Bonchev–Trinajstić information content (AvgIpc) is 3.34. The second-order valence-corrected chi connectivity index (χ2v) is 12.0. The quantitative estimate of drug-likeness (QED) is 0.0721. The Labute approximate surface area is 269 Å². The predicted octanol–water partition coefficient (Wildman–Crippen LogP) is 7.10. The fourth-order valence-corrected chi connectivity index (χ4v) is 6.32. The Morgan fingerprint density at radius 1 is 0.935 bits per heavy atom. The molecule has 4 aromatic carbocycles. The lowest BCUT2D eigenvalue weighted by molar-refractivity contribution is -0.384. The van der Waals surface area contributed by atoms with Crippen LogP contribution in [-0.4, -0.2) is 41.4 Å². The summed E-state index contributed by atoms with van der Waals surface area (Å²) in [5.74, 6) is -0.00789. The summed E-state index contributed by atoms with van der Waals surface area (Å²) in [6.07, 6.45) is -0.841. The molecule has 1 heterocycles. The van der Waals surface area contributed by atoms with Gasteiger partial charge in [-0.3, -0.25) is 19.8 Å². The van der Waals surface area contributed by atoms with Crippen LogP contribution in [0, 0.1) is 10.1 Å². The number of hydrogen-bond acceptors (Lipinski definition) is 10. The normalized spacial score (nSPS) is 17.3. The van der Waals surface area contributed by atoms with Crippen LogP contribution < -0.4 is 14.4 Å². The van der Waals surface area contributed by atoms with Crippen molar-refractivity contribution in [2.45, 2.75) is 30.1 Å². The summed E-state index contributed by atoms with van der Waals surface area (Å²) in [6, 6.07) is 28.9. The topological polar surface area (TPSA) is 135 Å². The molecule has 0 spiro atoms. The fraction of sp³-hybridized carbons (Fsp3) is 0.206. The molecule has 12 heteroatoms. The van der Waals surface area contributed by atoms with E-state index < -0.39 is 27.2 Å². The van der Waals surface area contributed by atoms with Gasteiger partial charge in [-0.15, -0.1) is 11.8 Å². The highest BCUT2D eigenvalue weighted by molar-refractivity contribution is 8.02. The van der Waals surface area contributed by atoms with Crippen molar-refractivity contribution in [2.24, 2.45) is 0 Å². The Balaban J connectivity index is 1.31. The van der Waals surface area contributed by atoms with E-state index in [1.54, 1.807) is 36.1 Å². The van der Waals surface area contributed by atoms with Gasteiger partial charge in [-0.2, -0.15) is 0 Å². The number of carbonyl (C=O) groups is 3. The Hall–Kier alpha value is -5.36. The molecule has 1 amide bonds. The second kappa shape index (κ2) is 14.2. The third kappa shape index (κ3) is 7.46. The first-order valence-corrected chi connectivity index (χ1v) is 15.1. The van der Waals surface area contributed by atoms with Crippen LogP contribution >= 0.6 is 11.8 Å². The molecule has 4 aromatic rings. The number of benzene rings is 4. The molecule has 1 saturated heterocycles. The molecule has 236 valence electrons. The zero-order valence-corrected chi connectivity index (χ0v) is 25.8. The molecule has 0 unspecified atom stereocenters. The summed E-state index contributed by atoms with van der Waals surface area (Å²) < 4.78 is 20.2. The third-order valence-corrected chi connectivity index (χ3v) is 8.89. The molecule has 0 N–H and O–H groups in total. The number of methoxy groups -OCH3 is 1. The van der Waals surface area contributed by atoms with Crippen molar-refractivity contribution in [1.29, 1.82) is 0 Å². The highest BCUT2D eigenvalue weighted by atomic mass is 32.2. The number of nitro benzene ring substituents is 1. The molecule has 1 fully saturated rings. The minimum Gasteiger partial charge on any atom is -0.489 e. The molecule has 0 saturated carbocycles. The van der Waals surface area contributed by atoms with Gasteiger partial charge < -0.3 is 18.9 Å². The van der Waals surface area contributed by atoms with Gasteiger partial charge >= 0.3 is 12.1 Å². The van der Waals surface area contributed by atoms with E-state index in [0.29, 0.717) is 23.6 Å². The number of thioether (sulfide) groups is 1. The lowest BCUT2D eigenvalue weighted by atomic mass is 10.0. The van der Waals surface area contributed by atoms with Crippen molar-refractivity contribution in [3.05, 3.63) is 130 Å². The van der Waals surface area contributed by atoms with Crippen LogP contribution in [-0.2, 0) is 20.9 Å². The third-order valence-electron chi connectivity index (χ3n) is 7.28. The van der Waals surface area contributed by atoms with Crippen LogP contribution in [0.3, 0.4) is 0 Å². The summed E-state index contributed by atoms with van der Waals surface area (Å²) >= 11 is 1.40. The maximum Gasteiger partial charge on any atom is 0.513 e. The fourth-order valence-electron chi connectivity index (χ4n) is 4.81. The number of hydrogen-bond donors (Lipinski definition) is 0. The van der Waals surface area contributed by atoms with Gasteiger partial charge in [-0.05, 0) is 60.5 Å². The maximum atomic E-state index is 14.1.